The van der Waals surface area contributed by atoms with E-state index < -0.39 is 0 Å². The average molecular weight is 316 g/mol. The van der Waals surface area contributed by atoms with E-state index in [1.807, 2.05) is 6.20 Å². The SMILES string of the molecule is c1nc(C2CCOCC2)[nH]c1COC12CC3CC(CC(C3)C1)C2. The third kappa shape index (κ3) is 2.74. The fourth-order valence-corrected chi connectivity index (χ4v) is 6.07. The van der Waals surface area contributed by atoms with Gasteiger partial charge in [0.25, 0.3) is 0 Å². The minimum absolute atomic E-state index is 0.193. The van der Waals surface area contributed by atoms with Crippen LogP contribution in [-0.2, 0) is 16.1 Å². The first kappa shape index (κ1) is 14.5. The molecule has 6 rings (SSSR count). The lowest BCUT2D eigenvalue weighted by Crippen LogP contribution is -2.51. The molecule has 5 aliphatic rings. The monoisotopic (exact) mass is 316 g/mol. The maximum atomic E-state index is 6.53. The predicted octanol–water partition coefficient (Wildman–Crippen LogP) is 3.79. The molecule has 4 aliphatic carbocycles. The standard InChI is InChI=1S/C19H28N2O2/c1-3-22-4-2-16(1)18-20-11-17(21-18)12-23-19-8-13-5-14(9-19)7-15(6-13)10-19/h11,13-16H,1-10,12H2,(H,20,21). The van der Waals surface area contributed by atoms with Crippen LogP contribution in [0.2, 0.25) is 0 Å². The van der Waals surface area contributed by atoms with Crippen LogP contribution in [0, 0.1) is 17.8 Å². The van der Waals surface area contributed by atoms with Gasteiger partial charge < -0.3 is 14.5 Å². The van der Waals surface area contributed by atoms with Gasteiger partial charge in [0.2, 0.25) is 0 Å². The van der Waals surface area contributed by atoms with Crippen LogP contribution >= 0.6 is 0 Å². The largest absolute Gasteiger partial charge is 0.381 e. The van der Waals surface area contributed by atoms with Crippen LogP contribution in [-0.4, -0.2) is 28.8 Å². The Kier molecular flexibility index (Phi) is 3.52. The molecule has 1 saturated heterocycles. The van der Waals surface area contributed by atoms with Crippen molar-refractivity contribution in [2.45, 2.75) is 69.5 Å². The molecule has 1 aromatic rings. The second kappa shape index (κ2) is 5.59. The van der Waals surface area contributed by atoms with Crippen LogP contribution in [0.25, 0.3) is 0 Å². The van der Waals surface area contributed by atoms with Gasteiger partial charge in [0, 0.05) is 19.1 Å². The summed E-state index contributed by atoms with van der Waals surface area (Å²) in [6, 6.07) is 0. The zero-order chi connectivity index (χ0) is 15.3. The van der Waals surface area contributed by atoms with Gasteiger partial charge in [-0.2, -0.15) is 0 Å². The first-order chi connectivity index (χ1) is 11.3. The van der Waals surface area contributed by atoms with Gasteiger partial charge in [0.15, 0.2) is 0 Å². The molecule has 0 spiro atoms. The molecule has 2 heterocycles. The minimum Gasteiger partial charge on any atom is -0.381 e. The van der Waals surface area contributed by atoms with Gasteiger partial charge in [0.05, 0.1) is 24.1 Å². The molecule has 5 fully saturated rings. The predicted molar refractivity (Wildman–Crippen MR) is 87.1 cm³/mol. The summed E-state index contributed by atoms with van der Waals surface area (Å²) >= 11 is 0. The van der Waals surface area contributed by atoms with Crippen molar-refractivity contribution in [1.82, 2.24) is 9.97 Å². The van der Waals surface area contributed by atoms with Crippen molar-refractivity contribution in [1.29, 1.82) is 0 Å². The third-order valence-corrected chi connectivity index (χ3v) is 6.77. The van der Waals surface area contributed by atoms with E-state index in [0.29, 0.717) is 12.5 Å². The molecule has 126 valence electrons. The molecule has 4 bridgehead atoms. The lowest BCUT2D eigenvalue weighted by Gasteiger charge is -2.56. The molecule has 4 nitrogen and oxygen atoms in total. The maximum absolute atomic E-state index is 6.53. The van der Waals surface area contributed by atoms with Crippen molar-refractivity contribution in [3.8, 4) is 0 Å². The zero-order valence-corrected chi connectivity index (χ0v) is 13.9. The minimum atomic E-state index is 0.193. The smallest absolute Gasteiger partial charge is 0.109 e. The molecule has 1 N–H and O–H groups in total. The Bertz CT molecular complexity index is 526. The number of rotatable bonds is 4. The molecule has 0 aromatic carbocycles. The number of H-pyrrole nitrogens is 1. The van der Waals surface area contributed by atoms with Crippen LogP contribution in [0.15, 0.2) is 6.20 Å². The number of aromatic amines is 1. The Morgan fingerprint density at radius 3 is 2.39 bits per heavy atom. The highest BCUT2D eigenvalue weighted by Crippen LogP contribution is 2.57. The van der Waals surface area contributed by atoms with E-state index in [9.17, 15) is 0 Å². The number of hydrogen-bond acceptors (Lipinski definition) is 3. The van der Waals surface area contributed by atoms with Gasteiger partial charge in [0.1, 0.15) is 5.82 Å². The van der Waals surface area contributed by atoms with Gasteiger partial charge in [-0.15, -0.1) is 0 Å². The van der Waals surface area contributed by atoms with Crippen LogP contribution in [0.1, 0.15) is 68.8 Å². The summed E-state index contributed by atoms with van der Waals surface area (Å²) in [6.45, 7) is 2.44. The Balaban J connectivity index is 1.24. The fourth-order valence-electron chi connectivity index (χ4n) is 6.07. The number of nitrogens with zero attached hydrogens (tertiary/aromatic N) is 1. The van der Waals surface area contributed by atoms with E-state index in [1.165, 1.54) is 38.5 Å². The highest BCUT2D eigenvalue weighted by Gasteiger charge is 2.51. The van der Waals surface area contributed by atoms with E-state index in [1.54, 1.807) is 0 Å². The molecule has 23 heavy (non-hydrogen) atoms. The van der Waals surface area contributed by atoms with Gasteiger partial charge >= 0.3 is 0 Å². The van der Waals surface area contributed by atoms with Crippen LogP contribution in [0.4, 0.5) is 0 Å². The highest BCUT2D eigenvalue weighted by atomic mass is 16.5. The van der Waals surface area contributed by atoms with Crippen LogP contribution in [0.3, 0.4) is 0 Å². The summed E-state index contributed by atoms with van der Waals surface area (Å²) in [5.74, 6) is 4.51. The number of aromatic nitrogens is 2. The molecular formula is C19H28N2O2. The number of nitrogens with one attached hydrogen (secondary N) is 1. The lowest BCUT2D eigenvalue weighted by atomic mass is 9.54. The number of ether oxygens (including phenoxy) is 2. The molecule has 1 aliphatic heterocycles. The molecule has 0 amide bonds. The molecule has 0 unspecified atom stereocenters. The Morgan fingerprint density at radius 2 is 1.74 bits per heavy atom. The Labute approximate surface area is 138 Å². The highest BCUT2D eigenvalue weighted by molar-refractivity contribution is 5.07. The van der Waals surface area contributed by atoms with Crippen LogP contribution < -0.4 is 0 Å². The Hall–Kier alpha value is -0.870. The number of hydrogen-bond donors (Lipinski definition) is 1. The summed E-state index contributed by atoms with van der Waals surface area (Å²) in [6.07, 6.45) is 12.5. The molecule has 1 aromatic heterocycles. The van der Waals surface area contributed by atoms with E-state index in [4.69, 9.17) is 9.47 Å². The lowest BCUT2D eigenvalue weighted by molar-refractivity contribution is -0.169. The normalized spacial score (nSPS) is 39.9. The summed E-state index contributed by atoms with van der Waals surface area (Å²) in [7, 11) is 0. The van der Waals surface area contributed by atoms with Crippen molar-refractivity contribution in [2.75, 3.05) is 13.2 Å². The van der Waals surface area contributed by atoms with E-state index >= 15 is 0 Å². The molecule has 0 atom stereocenters. The van der Waals surface area contributed by atoms with Gasteiger partial charge in [-0.05, 0) is 69.1 Å². The molecule has 4 saturated carbocycles. The van der Waals surface area contributed by atoms with E-state index in [0.717, 1.165) is 55.3 Å². The first-order valence-electron chi connectivity index (χ1n) is 9.53. The third-order valence-electron chi connectivity index (χ3n) is 6.77. The molecule has 0 radical (unpaired) electrons. The van der Waals surface area contributed by atoms with Crippen molar-refractivity contribution in [2.24, 2.45) is 17.8 Å². The van der Waals surface area contributed by atoms with Crippen molar-refractivity contribution in [3.05, 3.63) is 17.7 Å². The summed E-state index contributed by atoms with van der Waals surface area (Å²) in [5.41, 5.74) is 1.35. The first-order valence-corrected chi connectivity index (χ1v) is 9.53. The molecular weight excluding hydrogens is 288 g/mol. The van der Waals surface area contributed by atoms with E-state index in [-0.39, 0.29) is 5.60 Å². The molecule has 4 heteroatoms. The average Bonchev–Trinajstić information content (AvgIpc) is 3.02. The second-order valence-electron chi connectivity index (χ2n) is 8.57. The Morgan fingerprint density at radius 1 is 1.09 bits per heavy atom. The second-order valence-corrected chi connectivity index (χ2v) is 8.57. The maximum Gasteiger partial charge on any atom is 0.109 e. The van der Waals surface area contributed by atoms with Crippen molar-refractivity contribution < 1.29 is 9.47 Å². The topological polar surface area (TPSA) is 47.1 Å². The van der Waals surface area contributed by atoms with Gasteiger partial charge in [-0.1, -0.05) is 0 Å². The zero-order valence-electron chi connectivity index (χ0n) is 13.9. The summed E-state index contributed by atoms with van der Waals surface area (Å²) in [4.78, 5) is 8.14. The van der Waals surface area contributed by atoms with Crippen LogP contribution in [0.5, 0.6) is 0 Å². The summed E-state index contributed by atoms with van der Waals surface area (Å²) < 4.78 is 12.0. The summed E-state index contributed by atoms with van der Waals surface area (Å²) in [5, 5.41) is 0. The van der Waals surface area contributed by atoms with E-state index in [2.05, 4.69) is 9.97 Å². The fraction of sp³-hybridized carbons (Fsp3) is 0.842. The van der Waals surface area contributed by atoms with Gasteiger partial charge in [-0.3, -0.25) is 0 Å². The van der Waals surface area contributed by atoms with Gasteiger partial charge in [-0.25, -0.2) is 4.98 Å². The van der Waals surface area contributed by atoms with Crippen molar-refractivity contribution in [3.63, 3.8) is 0 Å². The quantitative estimate of drug-likeness (QED) is 0.919. The number of imidazole rings is 1. The van der Waals surface area contributed by atoms with Crippen molar-refractivity contribution >= 4 is 0 Å².